The maximum Gasteiger partial charge on any atom is 0.269 e. The Balaban J connectivity index is 1.42. The summed E-state index contributed by atoms with van der Waals surface area (Å²) >= 11 is 0. The molecule has 1 saturated carbocycles. The standard InChI is InChI=1S/C17H18N4O2/c22-16-8-12(10-21(16)13-6-7-13)18-17(23)15-9-14(19-20-15)11-4-2-1-3-5-11/h1-5,9,12-13H,6-8,10H2,(H,18,23)(H,19,20). The molecule has 1 aromatic heterocycles. The van der Waals surface area contributed by atoms with Gasteiger partial charge in [-0.25, -0.2) is 0 Å². The monoisotopic (exact) mass is 310 g/mol. The van der Waals surface area contributed by atoms with Crippen molar-refractivity contribution in [3.63, 3.8) is 0 Å². The highest BCUT2D eigenvalue weighted by atomic mass is 16.2. The van der Waals surface area contributed by atoms with E-state index in [2.05, 4.69) is 15.5 Å². The lowest BCUT2D eigenvalue weighted by molar-refractivity contribution is -0.128. The Hall–Kier alpha value is -2.63. The first-order valence-electron chi connectivity index (χ1n) is 7.92. The maximum absolute atomic E-state index is 12.3. The first-order valence-corrected chi connectivity index (χ1v) is 7.92. The number of nitrogens with one attached hydrogen (secondary N) is 2. The molecule has 1 aromatic carbocycles. The molecule has 2 heterocycles. The summed E-state index contributed by atoms with van der Waals surface area (Å²) in [6.07, 6.45) is 2.57. The Labute approximate surface area is 133 Å². The van der Waals surface area contributed by atoms with Crippen LogP contribution in [0.3, 0.4) is 0 Å². The van der Waals surface area contributed by atoms with Crippen molar-refractivity contribution >= 4 is 11.8 Å². The lowest BCUT2D eigenvalue weighted by Crippen LogP contribution is -2.37. The average molecular weight is 310 g/mol. The third kappa shape index (κ3) is 2.84. The summed E-state index contributed by atoms with van der Waals surface area (Å²) in [5, 5.41) is 9.89. The zero-order chi connectivity index (χ0) is 15.8. The van der Waals surface area contributed by atoms with Gasteiger partial charge in [-0.1, -0.05) is 30.3 Å². The minimum Gasteiger partial charge on any atom is -0.346 e. The number of H-pyrrole nitrogens is 1. The molecule has 2 fully saturated rings. The normalized spacial score (nSPS) is 20.8. The molecule has 23 heavy (non-hydrogen) atoms. The van der Waals surface area contributed by atoms with Crippen molar-refractivity contribution in [1.29, 1.82) is 0 Å². The van der Waals surface area contributed by atoms with Gasteiger partial charge in [-0.2, -0.15) is 5.10 Å². The second-order valence-electron chi connectivity index (χ2n) is 6.18. The van der Waals surface area contributed by atoms with Gasteiger partial charge in [0.2, 0.25) is 5.91 Å². The van der Waals surface area contributed by atoms with Crippen LogP contribution in [0.5, 0.6) is 0 Å². The first-order chi connectivity index (χ1) is 11.2. The Morgan fingerprint density at radius 1 is 1.26 bits per heavy atom. The number of carbonyl (C=O) groups is 2. The van der Waals surface area contributed by atoms with Crippen LogP contribution in [0, 0.1) is 0 Å². The number of likely N-dealkylation sites (tertiary alicyclic amines) is 1. The highest BCUT2D eigenvalue weighted by Gasteiger charge is 2.39. The molecule has 1 aliphatic carbocycles. The summed E-state index contributed by atoms with van der Waals surface area (Å²) in [6, 6.07) is 11.7. The van der Waals surface area contributed by atoms with Crippen LogP contribution >= 0.6 is 0 Å². The van der Waals surface area contributed by atoms with Gasteiger partial charge in [0.25, 0.3) is 5.91 Å². The second-order valence-corrected chi connectivity index (χ2v) is 6.18. The van der Waals surface area contributed by atoms with Crippen molar-refractivity contribution in [2.24, 2.45) is 0 Å². The summed E-state index contributed by atoms with van der Waals surface area (Å²) in [6.45, 7) is 0.620. The largest absolute Gasteiger partial charge is 0.346 e. The number of carbonyl (C=O) groups excluding carboxylic acids is 2. The predicted molar refractivity (Wildman–Crippen MR) is 84.6 cm³/mol. The zero-order valence-electron chi connectivity index (χ0n) is 12.7. The molecule has 1 saturated heterocycles. The summed E-state index contributed by atoms with van der Waals surface area (Å²) in [7, 11) is 0. The molecule has 0 bridgehead atoms. The smallest absolute Gasteiger partial charge is 0.269 e. The fraction of sp³-hybridized carbons (Fsp3) is 0.353. The summed E-state index contributed by atoms with van der Waals surface area (Å²) in [5.41, 5.74) is 2.11. The van der Waals surface area contributed by atoms with Crippen molar-refractivity contribution in [3.05, 3.63) is 42.1 Å². The number of amides is 2. The number of aromatic nitrogens is 2. The first kappa shape index (κ1) is 14.0. The van der Waals surface area contributed by atoms with Gasteiger partial charge in [0.15, 0.2) is 0 Å². The van der Waals surface area contributed by atoms with Gasteiger partial charge in [0.05, 0.1) is 11.7 Å². The fourth-order valence-corrected chi connectivity index (χ4v) is 3.03. The number of hydrogen-bond donors (Lipinski definition) is 2. The van der Waals surface area contributed by atoms with Crippen LogP contribution in [0.25, 0.3) is 11.3 Å². The molecule has 1 atom stereocenters. The molecule has 4 rings (SSSR count). The molecular weight excluding hydrogens is 292 g/mol. The van der Waals surface area contributed by atoms with Crippen LogP contribution in [-0.4, -0.2) is 45.5 Å². The highest BCUT2D eigenvalue weighted by molar-refractivity contribution is 5.94. The van der Waals surface area contributed by atoms with Crippen molar-refractivity contribution in [2.75, 3.05) is 6.54 Å². The van der Waals surface area contributed by atoms with E-state index in [0.29, 0.717) is 24.7 Å². The molecule has 2 aromatic rings. The van der Waals surface area contributed by atoms with Crippen LogP contribution < -0.4 is 5.32 Å². The number of nitrogens with zero attached hydrogens (tertiary/aromatic N) is 2. The van der Waals surface area contributed by atoms with E-state index in [4.69, 9.17) is 0 Å². The van der Waals surface area contributed by atoms with E-state index in [-0.39, 0.29) is 17.9 Å². The number of hydrogen-bond acceptors (Lipinski definition) is 3. The van der Waals surface area contributed by atoms with E-state index in [9.17, 15) is 9.59 Å². The molecule has 0 spiro atoms. The van der Waals surface area contributed by atoms with E-state index in [1.54, 1.807) is 6.07 Å². The van der Waals surface area contributed by atoms with Gasteiger partial charge < -0.3 is 10.2 Å². The molecule has 2 aliphatic rings. The number of aromatic amines is 1. The number of benzene rings is 1. The van der Waals surface area contributed by atoms with E-state index in [1.165, 1.54) is 0 Å². The van der Waals surface area contributed by atoms with Crippen LogP contribution in [0.15, 0.2) is 36.4 Å². The van der Waals surface area contributed by atoms with Gasteiger partial charge in [-0.05, 0) is 18.9 Å². The third-order valence-electron chi connectivity index (χ3n) is 4.37. The van der Waals surface area contributed by atoms with Crippen molar-refractivity contribution in [3.8, 4) is 11.3 Å². The minimum absolute atomic E-state index is 0.112. The lowest BCUT2D eigenvalue weighted by Gasteiger charge is -2.15. The molecule has 2 N–H and O–H groups in total. The minimum atomic E-state index is -0.213. The third-order valence-corrected chi connectivity index (χ3v) is 4.37. The Morgan fingerprint density at radius 3 is 2.78 bits per heavy atom. The van der Waals surface area contributed by atoms with Crippen molar-refractivity contribution < 1.29 is 9.59 Å². The Kier molecular flexibility index (Phi) is 3.37. The van der Waals surface area contributed by atoms with Gasteiger partial charge >= 0.3 is 0 Å². The summed E-state index contributed by atoms with van der Waals surface area (Å²) in [5.74, 6) is -0.0671. The maximum atomic E-state index is 12.3. The van der Waals surface area contributed by atoms with Crippen molar-refractivity contribution in [1.82, 2.24) is 20.4 Å². The van der Waals surface area contributed by atoms with Crippen LogP contribution in [-0.2, 0) is 4.79 Å². The molecule has 6 heteroatoms. The average Bonchev–Trinajstić information content (AvgIpc) is 3.16. The number of rotatable bonds is 4. The summed E-state index contributed by atoms with van der Waals surface area (Å²) in [4.78, 5) is 26.2. The topological polar surface area (TPSA) is 78.1 Å². The van der Waals surface area contributed by atoms with Crippen LogP contribution in [0.4, 0.5) is 0 Å². The molecule has 118 valence electrons. The molecular formula is C17H18N4O2. The second kappa shape index (κ2) is 5.53. The molecule has 1 unspecified atom stereocenters. The molecule has 1 aliphatic heterocycles. The summed E-state index contributed by atoms with van der Waals surface area (Å²) < 4.78 is 0. The Bertz CT molecular complexity index is 736. The molecule has 2 amide bonds. The molecule has 0 radical (unpaired) electrons. The van der Waals surface area contributed by atoms with E-state index < -0.39 is 0 Å². The van der Waals surface area contributed by atoms with Crippen molar-refractivity contribution in [2.45, 2.75) is 31.3 Å². The molecule has 6 nitrogen and oxygen atoms in total. The highest BCUT2D eigenvalue weighted by Crippen LogP contribution is 2.30. The predicted octanol–water partition coefficient (Wildman–Crippen LogP) is 1.57. The SMILES string of the molecule is O=C(NC1CC(=O)N(C2CC2)C1)c1cc(-c2ccccc2)n[nH]1. The Morgan fingerprint density at radius 2 is 2.04 bits per heavy atom. The van der Waals surface area contributed by atoms with Crippen LogP contribution in [0.2, 0.25) is 0 Å². The zero-order valence-corrected chi connectivity index (χ0v) is 12.7. The fourth-order valence-electron chi connectivity index (χ4n) is 3.03. The van der Waals surface area contributed by atoms with E-state index in [1.807, 2.05) is 35.2 Å². The van der Waals surface area contributed by atoms with Gasteiger partial charge in [0, 0.05) is 24.6 Å². The van der Waals surface area contributed by atoms with Gasteiger partial charge in [0.1, 0.15) is 5.69 Å². The van der Waals surface area contributed by atoms with E-state index in [0.717, 1.165) is 24.1 Å². The lowest BCUT2D eigenvalue weighted by atomic mass is 10.1. The van der Waals surface area contributed by atoms with Crippen LogP contribution in [0.1, 0.15) is 29.8 Å². The van der Waals surface area contributed by atoms with Gasteiger partial charge in [-0.3, -0.25) is 14.7 Å². The van der Waals surface area contributed by atoms with E-state index >= 15 is 0 Å². The quantitative estimate of drug-likeness (QED) is 0.900. The van der Waals surface area contributed by atoms with Gasteiger partial charge in [-0.15, -0.1) is 0 Å².